The average molecular weight is 339 g/mol. The Bertz CT molecular complexity index is 440. The molecule has 0 unspecified atom stereocenters. The Morgan fingerprint density at radius 3 is 1.41 bits per heavy atom. The smallest absolute Gasteiger partial charge is 0.213 e. The zero-order chi connectivity index (χ0) is 17.7. The molecule has 126 valence electrons. The van der Waals surface area contributed by atoms with Crippen LogP contribution in [0.25, 0.3) is 0 Å². The van der Waals surface area contributed by atoms with Crippen molar-refractivity contribution >= 4 is 16.1 Å². The molecule has 0 aliphatic rings. The van der Waals surface area contributed by atoms with Gasteiger partial charge in [-0.3, -0.25) is 0 Å². The third kappa shape index (κ3) is 9.48. The second kappa shape index (κ2) is 7.84. The van der Waals surface area contributed by atoms with Gasteiger partial charge in [-0.15, -0.1) is 11.1 Å². The quantitative estimate of drug-likeness (QED) is 0.591. The lowest BCUT2D eigenvalue weighted by Gasteiger charge is -2.27. The first-order valence-electron chi connectivity index (χ1n) is 8.28. The Morgan fingerprint density at radius 1 is 0.773 bits per heavy atom. The molecule has 0 aromatic carbocycles. The van der Waals surface area contributed by atoms with Gasteiger partial charge in [-0.2, -0.15) is 0 Å². The van der Waals surface area contributed by atoms with Crippen molar-refractivity contribution < 1.29 is 10.2 Å². The van der Waals surface area contributed by atoms with E-state index in [1.54, 1.807) is 27.7 Å². The molecule has 0 aromatic rings. The summed E-state index contributed by atoms with van der Waals surface area (Å²) in [7, 11) is -3.30. The minimum Gasteiger partial charge on any atom is -0.378 e. The van der Waals surface area contributed by atoms with E-state index in [1.807, 2.05) is 0 Å². The number of rotatable bonds is 5. The largest absolute Gasteiger partial charge is 0.378 e. The van der Waals surface area contributed by atoms with Gasteiger partial charge in [-0.1, -0.05) is 50.4 Å². The third-order valence-corrected chi connectivity index (χ3v) is 12.2. The predicted octanol–water partition coefficient (Wildman–Crippen LogP) is 3.81. The zero-order valence-corrected chi connectivity index (χ0v) is 17.7. The van der Waals surface area contributed by atoms with Crippen molar-refractivity contribution in [3.63, 3.8) is 0 Å². The monoisotopic (exact) mass is 338 g/mol. The Morgan fingerprint density at radius 2 is 1.14 bits per heavy atom. The SMILES string of the molecule is CC[Si](C)(CC)CC[Si](C)(C#CC(C)(C)O)C#CC(C)(C)O. The molecule has 22 heavy (non-hydrogen) atoms. The highest BCUT2D eigenvalue weighted by Crippen LogP contribution is 2.26. The van der Waals surface area contributed by atoms with Crippen molar-refractivity contribution in [2.24, 2.45) is 0 Å². The molecule has 0 fully saturated rings. The van der Waals surface area contributed by atoms with Gasteiger partial charge in [-0.05, 0) is 40.3 Å². The van der Waals surface area contributed by atoms with Gasteiger partial charge in [0.05, 0.1) is 0 Å². The second-order valence-corrected chi connectivity index (χ2v) is 17.2. The standard InChI is InChI=1S/C18H34O2Si2/c1-9-21(7,10-2)15-16-22(8,13-11-17(3,4)19)14-12-18(5,6)20/h19-20H,9-10,15-16H2,1-8H3. The normalized spacial score (nSPS) is 13.0. The highest BCUT2D eigenvalue weighted by atomic mass is 28.3. The maximum absolute atomic E-state index is 9.89. The molecule has 0 atom stereocenters. The third-order valence-electron chi connectivity index (χ3n) is 4.22. The average Bonchev–Trinajstić information content (AvgIpc) is 2.39. The molecule has 0 saturated heterocycles. The van der Waals surface area contributed by atoms with Crippen LogP contribution >= 0.6 is 0 Å². The molecule has 0 aromatic heterocycles. The van der Waals surface area contributed by atoms with E-state index >= 15 is 0 Å². The molecule has 2 nitrogen and oxygen atoms in total. The first-order valence-corrected chi connectivity index (χ1v) is 14.1. The number of aliphatic hydroxyl groups is 2. The molecular weight excluding hydrogens is 304 g/mol. The highest BCUT2D eigenvalue weighted by molar-refractivity contribution is 6.94. The molecule has 0 rings (SSSR count). The van der Waals surface area contributed by atoms with Crippen molar-refractivity contribution in [2.75, 3.05) is 0 Å². The van der Waals surface area contributed by atoms with Crippen LogP contribution in [0.1, 0.15) is 41.5 Å². The van der Waals surface area contributed by atoms with Crippen molar-refractivity contribution in [1.29, 1.82) is 0 Å². The van der Waals surface area contributed by atoms with Crippen LogP contribution in [-0.2, 0) is 0 Å². The summed E-state index contributed by atoms with van der Waals surface area (Å²) in [5.74, 6) is 5.94. The number of hydrogen-bond donors (Lipinski definition) is 2. The zero-order valence-electron chi connectivity index (χ0n) is 15.7. The van der Waals surface area contributed by atoms with Crippen molar-refractivity contribution in [2.45, 2.75) is 90.0 Å². The molecule has 0 aliphatic carbocycles. The summed E-state index contributed by atoms with van der Waals surface area (Å²) in [4.78, 5) is 0. The van der Waals surface area contributed by atoms with Crippen molar-refractivity contribution in [3.8, 4) is 22.9 Å². The summed E-state index contributed by atoms with van der Waals surface area (Å²) in [6.45, 7) is 16.0. The van der Waals surface area contributed by atoms with Gasteiger partial charge in [0.1, 0.15) is 11.2 Å². The van der Waals surface area contributed by atoms with E-state index in [0.29, 0.717) is 0 Å². The Kier molecular flexibility index (Phi) is 7.65. The molecule has 0 saturated carbocycles. The molecule has 0 radical (unpaired) electrons. The van der Waals surface area contributed by atoms with Gasteiger partial charge >= 0.3 is 0 Å². The molecular formula is C18H34O2Si2. The van der Waals surface area contributed by atoms with Crippen LogP contribution < -0.4 is 0 Å². The molecule has 0 aliphatic heterocycles. The van der Waals surface area contributed by atoms with Crippen LogP contribution in [0.15, 0.2) is 0 Å². The minimum atomic E-state index is -2.12. The molecule has 0 heterocycles. The maximum Gasteiger partial charge on any atom is 0.213 e. The summed E-state index contributed by atoms with van der Waals surface area (Å²) < 4.78 is 0. The minimum absolute atomic E-state index is 0.985. The van der Waals surface area contributed by atoms with Crippen LogP contribution in [0.5, 0.6) is 0 Å². The van der Waals surface area contributed by atoms with E-state index < -0.39 is 27.3 Å². The Balaban J connectivity index is 5.42. The first-order chi connectivity index (χ1) is 9.74. The van der Waals surface area contributed by atoms with E-state index in [1.165, 1.54) is 18.1 Å². The fourth-order valence-electron chi connectivity index (χ4n) is 1.89. The summed E-state index contributed by atoms with van der Waals surface area (Å²) >= 11 is 0. The van der Waals surface area contributed by atoms with Crippen molar-refractivity contribution in [1.82, 2.24) is 0 Å². The lowest BCUT2D eigenvalue weighted by Crippen LogP contribution is -2.35. The summed E-state index contributed by atoms with van der Waals surface area (Å²) in [5.41, 5.74) is 4.64. The van der Waals surface area contributed by atoms with E-state index in [4.69, 9.17) is 0 Å². The topological polar surface area (TPSA) is 40.5 Å². The van der Waals surface area contributed by atoms with Crippen LogP contribution in [0.2, 0.25) is 37.3 Å². The maximum atomic E-state index is 9.89. The van der Waals surface area contributed by atoms with Crippen LogP contribution in [0.3, 0.4) is 0 Å². The van der Waals surface area contributed by atoms with Gasteiger partial charge in [0.2, 0.25) is 8.07 Å². The van der Waals surface area contributed by atoms with E-state index in [9.17, 15) is 10.2 Å². The van der Waals surface area contributed by atoms with Crippen LogP contribution in [0, 0.1) is 22.9 Å². The van der Waals surface area contributed by atoms with Gasteiger partial charge in [0.15, 0.2) is 0 Å². The molecule has 0 amide bonds. The molecule has 2 N–H and O–H groups in total. The molecule has 0 spiro atoms. The van der Waals surface area contributed by atoms with Crippen LogP contribution in [0.4, 0.5) is 0 Å². The van der Waals surface area contributed by atoms with Gasteiger partial charge in [0.25, 0.3) is 0 Å². The second-order valence-electron chi connectivity index (χ2n) is 7.97. The highest BCUT2D eigenvalue weighted by Gasteiger charge is 2.30. The summed E-state index contributed by atoms with van der Waals surface area (Å²) in [6, 6.07) is 4.82. The fraction of sp³-hybridized carbons (Fsp3) is 0.778. The summed E-state index contributed by atoms with van der Waals surface area (Å²) in [6.07, 6.45) is 0. The van der Waals surface area contributed by atoms with Gasteiger partial charge in [0, 0.05) is 8.07 Å². The first kappa shape index (κ1) is 21.5. The molecule has 4 heteroatoms. The fourth-order valence-corrected chi connectivity index (χ4v) is 8.99. The van der Waals surface area contributed by atoms with Crippen molar-refractivity contribution in [3.05, 3.63) is 0 Å². The van der Waals surface area contributed by atoms with E-state index in [0.717, 1.165) is 6.04 Å². The van der Waals surface area contributed by atoms with Gasteiger partial charge in [-0.25, -0.2) is 0 Å². The predicted molar refractivity (Wildman–Crippen MR) is 102 cm³/mol. The van der Waals surface area contributed by atoms with Gasteiger partial charge < -0.3 is 10.2 Å². The molecule has 0 bridgehead atoms. The van der Waals surface area contributed by atoms with E-state index in [-0.39, 0.29) is 0 Å². The lowest BCUT2D eigenvalue weighted by molar-refractivity contribution is 0.143. The number of hydrogen-bond acceptors (Lipinski definition) is 2. The summed E-state index contributed by atoms with van der Waals surface area (Å²) in [5, 5.41) is 19.8. The van der Waals surface area contributed by atoms with E-state index in [2.05, 4.69) is 49.9 Å². The Labute approximate surface area is 139 Å². The van der Waals surface area contributed by atoms with Crippen LogP contribution in [-0.4, -0.2) is 37.6 Å². The lowest BCUT2D eigenvalue weighted by atomic mass is 10.2. The Hall–Kier alpha value is -0.526.